The van der Waals surface area contributed by atoms with E-state index in [4.69, 9.17) is 5.73 Å². The minimum absolute atomic E-state index is 0.161. The average Bonchev–Trinajstić information content (AvgIpc) is 2.38. The molecule has 0 radical (unpaired) electrons. The van der Waals surface area contributed by atoms with Gasteiger partial charge in [0.25, 0.3) is 10.0 Å². The lowest BCUT2D eigenvalue weighted by atomic mass is 10.1. The topological polar surface area (TPSA) is 72.2 Å². The van der Waals surface area contributed by atoms with Crippen LogP contribution in [0, 0.1) is 0 Å². The molecule has 2 rings (SSSR count). The molecule has 0 aliphatic rings. The van der Waals surface area contributed by atoms with Crippen molar-refractivity contribution in [3.8, 4) is 0 Å². The molecule has 3 N–H and O–H groups in total. The van der Waals surface area contributed by atoms with E-state index in [0.29, 0.717) is 11.4 Å². The van der Waals surface area contributed by atoms with Crippen molar-refractivity contribution in [2.24, 2.45) is 0 Å². The molecule has 5 heteroatoms. The van der Waals surface area contributed by atoms with E-state index >= 15 is 0 Å². The zero-order valence-electron chi connectivity index (χ0n) is 10.6. The van der Waals surface area contributed by atoms with Crippen molar-refractivity contribution in [1.29, 1.82) is 0 Å². The van der Waals surface area contributed by atoms with Crippen molar-refractivity contribution in [3.63, 3.8) is 0 Å². The molecule has 0 spiro atoms. The molecule has 0 unspecified atom stereocenters. The highest BCUT2D eigenvalue weighted by Gasteiger charge is 2.14. The minimum Gasteiger partial charge on any atom is -0.399 e. The largest absolute Gasteiger partial charge is 0.399 e. The van der Waals surface area contributed by atoms with Crippen LogP contribution in [0.25, 0.3) is 0 Å². The van der Waals surface area contributed by atoms with E-state index in [0.717, 1.165) is 12.0 Å². The molecule has 2 aromatic rings. The zero-order valence-corrected chi connectivity index (χ0v) is 11.4. The first-order valence-corrected chi connectivity index (χ1v) is 7.47. The van der Waals surface area contributed by atoms with Gasteiger partial charge >= 0.3 is 0 Å². The minimum atomic E-state index is -3.59. The molecule has 0 fully saturated rings. The zero-order chi connectivity index (χ0) is 13.9. The molecule has 0 bridgehead atoms. The summed E-state index contributed by atoms with van der Waals surface area (Å²) in [6.07, 6.45) is 0.855. The lowest BCUT2D eigenvalue weighted by molar-refractivity contribution is 0.601. The Morgan fingerprint density at radius 3 is 2.53 bits per heavy atom. The third kappa shape index (κ3) is 3.26. The van der Waals surface area contributed by atoms with Crippen molar-refractivity contribution in [2.75, 3.05) is 10.5 Å². The lowest BCUT2D eigenvalue weighted by Gasteiger charge is -2.09. The smallest absolute Gasteiger partial charge is 0.261 e. The van der Waals surface area contributed by atoms with Gasteiger partial charge in [-0.25, -0.2) is 8.42 Å². The van der Waals surface area contributed by atoms with Crippen LogP contribution in [0.2, 0.25) is 0 Å². The Labute approximate surface area is 113 Å². The van der Waals surface area contributed by atoms with Crippen LogP contribution >= 0.6 is 0 Å². The quantitative estimate of drug-likeness (QED) is 0.843. The first-order valence-electron chi connectivity index (χ1n) is 5.98. The van der Waals surface area contributed by atoms with Gasteiger partial charge in [0.1, 0.15) is 0 Å². The van der Waals surface area contributed by atoms with Gasteiger partial charge in [0, 0.05) is 11.4 Å². The molecule has 0 saturated heterocycles. The summed E-state index contributed by atoms with van der Waals surface area (Å²) < 4.78 is 26.9. The van der Waals surface area contributed by atoms with Gasteiger partial charge < -0.3 is 5.73 Å². The summed E-state index contributed by atoms with van der Waals surface area (Å²) in [6.45, 7) is 2.02. The fourth-order valence-corrected chi connectivity index (χ4v) is 2.85. The van der Waals surface area contributed by atoms with Crippen LogP contribution in [-0.4, -0.2) is 8.42 Å². The second-order valence-corrected chi connectivity index (χ2v) is 5.91. The molecular weight excluding hydrogens is 260 g/mol. The molecule has 0 atom stereocenters. The molecule has 0 saturated carbocycles. The highest BCUT2D eigenvalue weighted by molar-refractivity contribution is 7.92. The van der Waals surface area contributed by atoms with Crippen molar-refractivity contribution >= 4 is 21.4 Å². The van der Waals surface area contributed by atoms with Gasteiger partial charge in [-0.15, -0.1) is 0 Å². The van der Waals surface area contributed by atoms with Crippen LogP contribution < -0.4 is 10.5 Å². The second-order valence-electron chi connectivity index (χ2n) is 4.23. The molecule has 0 heterocycles. The maximum atomic E-state index is 12.2. The van der Waals surface area contributed by atoms with Crippen molar-refractivity contribution < 1.29 is 8.42 Å². The van der Waals surface area contributed by atoms with Crippen LogP contribution in [0.1, 0.15) is 12.5 Å². The average molecular weight is 276 g/mol. The molecule has 0 aliphatic heterocycles. The van der Waals surface area contributed by atoms with Crippen LogP contribution in [0.5, 0.6) is 0 Å². The number of benzene rings is 2. The number of hydrogen-bond acceptors (Lipinski definition) is 3. The van der Waals surface area contributed by atoms with Gasteiger partial charge in [0.2, 0.25) is 0 Å². The number of anilines is 2. The molecule has 2 aromatic carbocycles. The van der Waals surface area contributed by atoms with E-state index < -0.39 is 10.0 Å². The van der Waals surface area contributed by atoms with Gasteiger partial charge in [-0.3, -0.25) is 4.72 Å². The van der Waals surface area contributed by atoms with Crippen LogP contribution in [-0.2, 0) is 16.4 Å². The Morgan fingerprint density at radius 1 is 1.11 bits per heavy atom. The number of sulfonamides is 1. The molecule has 100 valence electrons. The van der Waals surface area contributed by atoms with E-state index in [1.54, 1.807) is 18.2 Å². The lowest BCUT2D eigenvalue weighted by Crippen LogP contribution is -2.13. The predicted molar refractivity (Wildman–Crippen MR) is 77.5 cm³/mol. The molecule has 19 heavy (non-hydrogen) atoms. The first-order chi connectivity index (χ1) is 9.01. The third-order valence-corrected chi connectivity index (χ3v) is 4.13. The molecule has 4 nitrogen and oxygen atoms in total. The van der Waals surface area contributed by atoms with E-state index in [9.17, 15) is 8.42 Å². The SMILES string of the molecule is CCc1cccc(NS(=O)(=O)c2cccc(N)c2)c1. The monoisotopic (exact) mass is 276 g/mol. The fraction of sp³-hybridized carbons (Fsp3) is 0.143. The Morgan fingerprint density at radius 2 is 1.84 bits per heavy atom. The summed E-state index contributed by atoms with van der Waals surface area (Å²) in [6, 6.07) is 13.6. The van der Waals surface area contributed by atoms with Gasteiger partial charge in [0.15, 0.2) is 0 Å². The summed E-state index contributed by atoms with van der Waals surface area (Å²) >= 11 is 0. The Kier molecular flexibility index (Phi) is 3.76. The summed E-state index contributed by atoms with van der Waals surface area (Å²) in [4.78, 5) is 0.161. The third-order valence-electron chi connectivity index (χ3n) is 2.76. The normalized spacial score (nSPS) is 11.2. The summed E-state index contributed by atoms with van der Waals surface area (Å²) in [5.74, 6) is 0. The number of nitrogens with one attached hydrogen (secondary N) is 1. The number of aryl methyl sites for hydroxylation is 1. The van der Waals surface area contributed by atoms with Crippen molar-refractivity contribution in [1.82, 2.24) is 0 Å². The Hall–Kier alpha value is -2.01. The molecule has 0 amide bonds. The number of hydrogen-bond donors (Lipinski definition) is 2. The van der Waals surface area contributed by atoms with Crippen LogP contribution in [0.4, 0.5) is 11.4 Å². The van der Waals surface area contributed by atoms with Crippen molar-refractivity contribution in [3.05, 3.63) is 54.1 Å². The van der Waals surface area contributed by atoms with Gasteiger partial charge in [0.05, 0.1) is 4.90 Å². The van der Waals surface area contributed by atoms with Crippen LogP contribution in [0.15, 0.2) is 53.4 Å². The van der Waals surface area contributed by atoms with E-state index in [-0.39, 0.29) is 4.90 Å². The molecule has 0 aliphatic carbocycles. The highest BCUT2D eigenvalue weighted by Crippen LogP contribution is 2.18. The van der Waals surface area contributed by atoms with E-state index in [1.165, 1.54) is 12.1 Å². The standard InChI is InChI=1S/C14H16N2O2S/c1-2-11-5-3-7-13(9-11)16-19(17,18)14-8-4-6-12(15)10-14/h3-10,16H,2,15H2,1H3. The Bertz CT molecular complexity index is 681. The molecular formula is C14H16N2O2S. The van der Waals surface area contributed by atoms with Gasteiger partial charge in [-0.2, -0.15) is 0 Å². The maximum Gasteiger partial charge on any atom is 0.261 e. The van der Waals surface area contributed by atoms with Gasteiger partial charge in [-0.1, -0.05) is 25.1 Å². The van der Waals surface area contributed by atoms with Crippen LogP contribution in [0.3, 0.4) is 0 Å². The van der Waals surface area contributed by atoms with Crippen molar-refractivity contribution in [2.45, 2.75) is 18.2 Å². The first kappa shape index (κ1) is 13.4. The van der Waals surface area contributed by atoms with E-state index in [1.807, 2.05) is 25.1 Å². The number of nitrogen functional groups attached to an aromatic ring is 1. The summed E-state index contributed by atoms with van der Waals surface area (Å²) in [7, 11) is -3.59. The second kappa shape index (κ2) is 5.32. The summed E-state index contributed by atoms with van der Waals surface area (Å²) in [5.41, 5.74) is 7.66. The Balaban J connectivity index is 2.31. The van der Waals surface area contributed by atoms with E-state index in [2.05, 4.69) is 4.72 Å². The number of rotatable bonds is 4. The highest BCUT2D eigenvalue weighted by atomic mass is 32.2. The maximum absolute atomic E-state index is 12.2. The fourth-order valence-electron chi connectivity index (χ4n) is 1.75. The molecule has 0 aromatic heterocycles. The number of nitrogens with two attached hydrogens (primary N) is 1. The summed E-state index contributed by atoms with van der Waals surface area (Å²) in [5, 5.41) is 0. The predicted octanol–water partition coefficient (Wildman–Crippen LogP) is 2.63. The van der Waals surface area contributed by atoms with Gasteiger partial charge in [-0.05, 0) is 42.3 Å².